The van der Waals surface area contributed by atoms with Crippen molar-refractivity contribution in [3.8, 4) is 5.75 Å². The van der Waals surface area contributed by atoms with Crippen molar-refractivity contribution < 1.29 is 27.1 Å². The Labute approximate surface area is 102 Å². The number of hydrogen-bond acceptors (Lipinski definition) is 2. The quantitative estimate of drug-likeness (QED) is 0.460. The highest BCUT2D eigenvalue weighted by Crippen LogP contribution is 2.28. The van der Waals surface area contributed by atoms with Crippen LogP contribution in [0.5, 0.6) is 5.75 Å². The largest absolute Gasteiger partial charge is 0.493 e. The third-order valence-corrected chi connectivity index (χ3v) is 2.20. The molecule has 0 spiro atoms. The van der Waals surface area contributed by atoms with Gasteiger partial charge < -0.3 is 4.74 Å². The smallest absolute Gasteiger partial charge is 0.455 e. The number of rotatable bonds is 5. The Morgan fingerprint density at radius 2 is 2.00 bits per heavy atom. The molecule has 1 aromatic rings. The Balaban J connectivity index is 3.00. The number of carbonyl (C=O) groups is 1. The highest BCUT2D eigenvalue weighted by Gasteiger charge is 2.40. The molecule has 0 aromatic heterocycles. The summed E-state index contributed by atoms with van der Waals surface area (Å²) < 4.78 is 54.9. The van der Waals surface area contributed by atoms with E-state index in [1.54, 1.807) is 0 Å². The molecule has 0 aliphatic carbocycles. The molecule has 100 valence electrons. The number of ketones is 1. The van der Waals surface area contributed by atoms with Crippen molar-refractivity contribution in [3.05, 3.63) is 29.6 Å². The molecule has 0 atom stereocenters. The lowest BCUT2D eigenvalue weighted by Crippen LogP contribution is -2.23. The van der Waals surface area contributed by atoms with Gasteiger partial charge in [0.05, 0.1) is 12.2 Å². The first-order chi connectivity index (χ1) is 8.36. The van der Waals surface area contributed by atoms with E-state index in [0.717, 1.165) is 24.6 Å². The van der Waals surface area contributed by atoms with Crippen LogP contribution in [-0.4, -0.2) is 18.6 Å². The number of halogens is 4. The normalized spacial score (nSPS) is 11.4. The van der Waals surface area contributed by atoms with Crippen molar-refractivity contribution in [2.75, 3.05) is 6.61 Å². The Hall–Kier alpha value is -1.59. The fourth-order valence-electron chi connectivity index (χ4n) is 1.28. The lowest BCUT2D eigenvalue weighted by Gasteiger charge is -2.12. The summed E-state index contributed by atoms with van der Waals surface area (Å²) in [7, 11) is 0. The van der Waals surface area contributed by atoms with Crippen LogP contribution in [0.3, 0.4) is 0 Å². The average molecular weight is 264 g/mol. The van der Waals surface area contributed by atoms with E-state index in [4.69, 9.17) is 4.74 Å². The van der Waals surface area contributed by atoms with Crippen LogP contribution in [0.4, 0.5) is 17.6 Å². The minimum absolute atomic E-state index is 0.137. The van der Waals surface area contributed by atoms with Crippen LogP contribution in [0.25, 0.3) is 0 Å². The maximum absolute atomic E-state index is 12.9. The fraction of sp³-hybridized carbons (Fsp3) is 0.417. The van der Waals surface area contributed by atoms with Gasteiger partial charge in [0.15, 0.2) is 0 Å². The van der Waals surface area contributed by atoms with Crippen LogP contribution in [0.1, 0.15) is 30.1 Å². The Morgan fingerprint density at radius 1 is 1.33 bits per heavy atom. The summed E-state index contributed by atoms with van der Waals surface area (Å²) in [6.07, 6.45) is -3.62. The molecule has 0 fully saturated rings. The zero-order valence-electron chi connectivity index (χ0n) is 9.68. The van der Waals surface area contributed by atoms with E-state index in [1.807, 2.05) is 6.92 Å². The summed E-state index contributed by atoms with van der Waals surface area (Å²) >= 11 is 0. The monoisotopic (exact) mass is 264 g/mol. The number of carbonyl (C=O) groups excluding carboxylic acids is 1. The van der Waals surface area contributed by atoms with Gasteiger partial charge in [-0.25, -0.2) is 4.39 Å². The van der Waals surface area contributed by atoms with E-state index >= 15 is 0 Å². The number of Topliss-reactive ketones (excluding diaryl/α,β-unsaturated/α-hetero) is 1. The molecule has 0 bridgehead atoms. The second-order valence-electron chi connectivity index (χ2n) is 3.67. The fourth-order valence-corrected chi connectivity index (χ4v) is 1.28. The van der Waals surface area contributed by atoms with Crippen LogP contribution in [-0.2, 0) is 0 Å². The lowest BCUT2D eigenvalue weighted by atomic mass is 10.1. The Kier molecular flexibility index (Phi) is 4.69. The van der Waals surface area contributed by atoms with Gasteiger partial charge >= 0.3 is 6.18 Å². The molecule has 0 N–H and O–H groups in total. The molecular formula is C12H12F4O2. The van der Waals surface area contributed by atoms with Crippen LogP contribution in [0.2, 0.25) is 0 Å². The van der Waals surface area contributed by atoms with Gasteiger partial charge in [-0.1, -0.05) is 13.3 Å². The molecule has 0 aliphatic rings. The lowest BCUT2D eigenvalue weighted by molar-refractivity contribution is -0.0886. The molecular weight excluding hydrogens is 252 g/mol. The summed E-state index contributed by atoms with van der Waals surface area (Å²) in [5.41, 5.74) is -0.667. The zero-order valence-corrected chi connectivity index (χ0v) is 9.68. The summed E-state index contributed by atoms with van der Waals surface area (Å²) in [6.45, 7) is 2.01. The third kappa shape index (κ3) is 3.72. The highest BCUT2D eigenvalue weighted by atomic mass is 19.4. The minimum Gasteiger partial charge on any atom is -0.493 e. The molecule has 0 saturated carbocycles. The Morgan fingerprint density at radius 3 is 2.56 bits per heavy atom. The van der Waals surface area contributed by atoms with Gasteiger partial charge in [-0.2, -0.15) is 13.2 Å². The minimum atomic E-state index is -5.00. The number of unbranched alkanes of at least 4 members (excludes halogenated alkanes) is 1. The molecule has 2 nitrogen and oxygen atoms in total. The predicted molar refractivity (Wildman–Crippen MR) is 57.2 cm³/mol. The molecule has 1 rings (SSSR count). The van der Waals surface area contributed by atoms with Crippen molar-refractivity contribution in [2.45, 2.75) is 25.9 Å². The molecule has 0 saturated heterocycles. The van der Waals surface area contributed by atoms with Crippen LogP contribution >= 0.6 is 0 Å². The SMILES string of the molecule is CCCCOc1cc(F)ccc1C(=O)C(F)(F)F. The summed E-state index contributed by atoms with van der Waals surface area (Å²) in [5.74, 6) is -3.15. The maximum Gasteiger partial charge on any atom is 0.455 e. The van der Waals surface area contributed by atoms with Crippen molar-refractivity contribution in [1.82, 2.24) is 0 Å². The van der Waals surface area contributed by atoms with Gasteiger partial charge in [0, 0.05) is 6.07 Å². The topological polar surface area (TPSA) is 26.3 Å². The number of hydrogen-bond donors (Lipinski definition) is 0. The van der Waals surface area contributed by atoms with E-state index < -0.39 is 23.3 Å². The Bertz CT molecular complexity index is 427. The molecule has 0 aliphatic heterocycles. The van der Waals surface area contributed by atoms with Crippen molar-refractivity contribution >= 4 is 5.78 Å². The summed E-state index contributed by atoms with van der Waals surface area (Å²) in [6, 6.07) is 2.37. The summed E-state index contributed by atoms with van der Waals surface area (Å²) in [4.78, 5) is 11.1. The molecule has 0 amide bonds. The molecule has 0 radical (unpaired) electrons. The standard InChI is InChI=1S/C12H12F4O2/c1-2-3-6-18-10-7-8(13)4-5-9(10)11(17)12(14,15)16/h4-5,7H,2-3,6H2,1H3. The highest BCUT2D eigenvalue weighted by molar-refractivity contribution is 6.02. The van der Waals surface area contributed by atoms with Gasteiger partial charge in [-0.3, -0.25) is 4.79 Å². The number of ether oxygens (including phenoxy) is 1. The van der Waals surface area contributed by atoms with Crippen LogP contribution in [0.15, 0.2) is 18.2 Å². The second kappa shape index (κ2) is 5.84. The van der Waals surface area contributed by atoms with Gasteiger partial charge in [0.25, 0.3) is 5.78 Å². The molecule has 0 unspecified atom stereocenters. The van der Waals surface area contributed by atoms with E-state index in [9.17, 15) is 22.4 Å². The van der Waals surface area contributed by atoms with E-state index in [2.05, 4.69) is 0 Å². The third-order valence-electron chi connectivity index (χ3n) is 2.20. The van der Waals surface area contributed by atoms with E-state index in [0.29, 0.717) is 6.42 Å². The van der Waals surface area contributed by atoms with Gasteiger partial charge in [0.2, 0.25) is 0 Å². The van der Waals surface area contributed by atoms with Crippen molar-refractivity contribution in [2.24, 2.45) is 0 Å². The molecule has 1 aromatic carbocycles. The van der Waals surface area contributed by atoms with Gasteiger partial charge in [-0.15, -0.1) is 0 Å². The number of alkyl halides is 3. The van der Waals surface area contributed by atoms with E-state index in [1.165, 1.54) is 0 Å². The van der Waals surface area contributed by atoms with Gasteiger partial charge in [0.1, 0.15) is 11.6 Å². The molecule has 6 heteroatoms. The second-order valence-corrected chi connectivity index (χ2v) is 3.67. The maximum atomic E-state index is 12.9. The van der Waals surface area contributed by atoms with Gasteiger partial charge in [-0.05, 0) is 18.6 Å². The molecule has 18 heavy (non-hydrogen) atoms. The number of benzene rings is 1. The van der Waals surface area contributed by atoms with Crippen LogP contribution in [0, 0.1) is 5.82 Å². The first-order valence-corrected chi connectivity index (χ1v) is 5.40. The predicted octanol–water partition coefficient (Wildman–Crippen LogP) is 3.75. The first-order valence-electron chi connectivity index (χ1n) is 5.40. The summed E-state index contributed by atoms with van der Waals surface area (Å²) in [5, 5.41) is 0. The molecule has 0 heterocycles. The van der Waals surface area contributed by atoms with Crippen molar-refractivity contribution in [3.63, 3.8) is 0 Å². The zero-order chi connectivity index (χ0) is 13.8. The first kappa shape index (κ1) is 14.5. The average Bonchev–Trinajstić information content (AvgIpc) is 2.27. The van der Waals surface area contributed by atoms with Crippen molar-refractivity contribution in [1.29, 1.82) is 0 Å². The van der Waals surface area contributed by atoms with Crippen LogP contribution < -0.4 is 4.74 Å². The van der Waals surface area contributed by atoms with E-state index in [-0.39, 0.29) is 12.4 Å².